The van der Waals surface area contributed by atoms with Crippen LogP contribution < -0.4 is 22.9 Å². The average molecular weight is 602 g/mol. The van der Waals surface area contributed by atoms with E-state index in [2.05, 4.69) is 55.5 Å². The maximum Gasteiger partial charge on any atom is 0.183 e. The first kappa shape index (κ1) is 31.1. The second kappa shape index (κ2) is 16.0. The van der Waals surface area contributed by atoms with Gasteiger partial charge in [0.1, 0.15) is 0 Å². The van der Waals surface area contributed by atoms with Crippen molar-refractivity contribution in [1.29, 1.82) is 0 Å². The SMILES string of the molecule is NC(=[SH+])[N-]N=Cc1cc(-c2cccc(N)c2)ccn1.NC(=[SH+])[N-]N=Cc1cnccc1-c1cccc(N)c1.[Co]. The monoisotopic (exact) mass is 601 g/mol. The third-order valence-electron chi connectivity index (χ3n) is 4.76. The summed E-state index contributed by atoms with van der Waals surface area (Å²) in [5.41, 5.74) is 36.3. The van der Waals surface area contributed by atoms with Crippen LogP contribution >= 0.6 is 0 Å². The minimum absolute atomic E-state index is 0. The number of rotatable bonds is 6. The molecule has 10 nitrogen and oxygen atoms in total. The zero-order valence-electron chi connectivity index (χ0n) is 20.5. The predicted octanol–water partition coefficient (Wildman–Crippen LogP) is 2.72. The van der Waals surface area contributed by atoms with E-state index in [9.17, 15) is 0 Å². The zero-order chi connectivity index (χ0) is 27.3. The molecule has 0 aliphatic rings. The van der Waals surface area contributed by atoms with Crippen LogP contribution in [0.25, 0.3) is 33.1 Å². The summed E-state index contributed by atoms with van der Waals surface area (Å²) in [5, 5.41) is 7.81. The van der Waals surface area contributed by atoms with Crippen molar-refractivity contribution < 1.29 is 16.8 Å². The van der Waals surface area contributed by atoms with Gasteiger partial charge in [0.2, 0.25) is 0 Å². The van der Waals surface area contributed by atoms with E-state index in [0.717, 1.165) is 33.5 Å². The quantitative estimate of drug-likeness (QED) is 0.0658. The number of anilines is 2. The molecule has 0 fully saturated rings. The predicted molar refractivity (Wildman–Crippen MR) is 166 cm³/mol. The molecule has 0 amide bonds. The summed E-state index contributed by atoms with van der Waals surface area (Å²) in [6.45, 7) is 0. The third kappa shape index (κ3) is 10.6. The molecule has 0 aliphatic carbocycles. The van der Waals surface area contributed by atoms with Crippen LogP contribution in [0, 0.1) is 0 Å². The number of benzene rings is 2. The second-order valence-electron chi connectivity index (χ2n) is 7.59. The van der Waals surface area contributed by atoms with Gasteiger partial charge < -0.3 is 32.5 Å². The Morgan fingerprint density at radius 1 is 0.744 bits per heavy atom. The van der Waals surface area contributed by atoms with Gasteiger partial charge in [0.15, 0.2) is 34.7 Å². The molecule has 0 saturated heterocycles. The van der Waals surface area contributed by atoms with Crippen LogP contribution in [-0.2, 0) is 41.2 Å². The first-order chi connectivity index (χ1) is 18.3. The molecular formula is C26H26CoN10S2. The molecule has 0 bridgehead atoms. The molecular weight excluding hydrogens is 575 g/mol. The Balaban J connectivity index is 0.000000267. The van der Waals surface area contributed by atoms with Crippen LogP contribution in [0.5, 0.6) is 0 Å². The largest absolute Gasteiger partial charge is 0.515 e. The molecule has 0 atom stereocenters. The van der Waals surface area contributed by atoms with E-state index in [1.54, 1.807) is 24.8 Å². The smallest absolute Gasteiger partial charge is 0.183 e. The fraction of sp³-hybridized carbons (Fsp3) is 0. The summed E-state index contributed by atoms with van der Waals surface area (Å²) in [6, 6.07) is 20.9. The van der Waals surface area contributed by atoms with E-state index in [1.807, 2.05) is 66.7 Å². The number of aromatic nitrogens is 2. The summed E-state index contributed by atoms with van der Waals surface area (Å²) in [6.07, 6.45) is 8.21. The molecule has 0 saturated carbocycles. The van der Waals surface area contributed by atoms with Crippen molar-refractivity contribution in [3.8, 4) is 22.3 Å². The molecule has 2 heterocycles. The normalized spacial score (nSPS) is 10.3. The van der Waals surface area contributed by atoms with E-state index in [1.165, 1.54) is 6.21 Å². The minimum atomic E-state index is 0. The first-order valence-corrected chi connectivity index (χ1v) is 11.9. The molecule has 201 valence electrons. The third-order valence-corrected chi connectivity index (χ3v) is 4.94. The summed E-state index contributed by atoms with van der Waals surface area (Å²) in [7, 11) is 0. The molecule has 8 N–H and O–H groups in total. The zero-order valence-corrected chi connectivity index (χ0v) is 23.3. The Hall–Kier alpha value is -4.11. The Bertz CT molecular complexity index is 1480. The fourth-order valence-corrected chi connectivity index (χ4v) is 3.30. The molecule has 0 unspecified atom stereocenters. The van der Waals surface area contributed by atoms with Crippen LogP contribution in [0.4, 0.5) is 11.4 Å². The fourth-order valence-electron chi connectivity index (χ4n) is 3.19. The summed E-state index contributed by atoms with van der Waals surface area (Å²) in [4.78, 5) is 8.24. The van der Waals surface area contributed by atoms with Gasteiger partial charge in [-0.3, -0.25) is 21.4 Å². The Kier molecular flexibility index (Phi) is 12.7. The molecule has 2 aromatic heterocycles. The van der Waals surface area contributed by atoms with Gasteiger partial charge in [-0.15, -0.1) is 0 Å². The maximum atomic E-state index is 5.79. The van der Waals surface area contributed by atoms with Crippen LogP contribution in [-0.4, -0.2) is 32.6 Å². The Morgan fingerprint density at radius 3 is 1.97 bits per heavy atom. The van der Waals surface area contributed by atoms with Crippen LogP contribution in [0.1, 0.15) is 11.3 Å². The average Bonchev–Trinajstić information content (AvgIpc) is 2.89. The number of hydrogen-bond donors (Lipinski definition) is 4. The van der Waals surface area contributed by atoms with Crippen molar-refractivity contribution in [2.24, 2.45) is 21.7 Å². The van der Waals surface area contributed by atoms with Gasteiger partial charge >= 0.3 is 0 Å². The number of nitrogens with zero attached hydrogens (tertiary/aromatic N) is 6. The topological polar surface area (TPSA) is 183 Å². The van der Waals surface area contributed by atoms with E-state index in [0.29, 0.717) is 11.4 Å². The van der Waals surface area contributed by atoms with Gasteiger partial charge in [-0.05, 0) is 64.7 Å². The van der Waals surface area contributed by atoms with E-state index >= 15 is 0 Å². The number of thiol groups is 2. The molecule has 13 heteroatoms. The van der Waals surface area contributed by atoms with Crippen LogP contribution in [0.3, 0.4) is 0 Å². The van der Waals surface area contributed by atoms with E-state index in [4.69, 9.17) is 22.9 Å². The van der Waals surface area contributed by atoms with Gasteiger partial charge in [-0.2, -0.15) is 0 Å². The van der Waals surface area contributed by atoms with E-state index < -0.39 is 0 Å². The van der Waals surface area contributed by atoms with E-state index in [-0.39, 0.29) is 27.0 Å². The molecule has 4 rings (SSSR count). The van der Waals surface area contributed by atoms with Crippen molar-refractivity contribution in [2.75, 3.05) is 11.5 Å². The Labute approximate surface area is 247 Å². The van der Waals surface area contributed by atoms with Crippen molar-refractivity contribution in [2.45, 2.75) is 0 Å². The van der Waals surface area contributed by atoms with Crippen molar-refractivity contribution in [1.82, 2.24) is 9.97 Å². The van der Waals surface area contributed by atoms with Crippen molar-refractivity contribution in [3.05, 3.63) is 107 Å². The van der Waals surface area contributed by atoms with Gasteiger partial charge in [0.05, 0.1) is 5.69 Å². The van der Waals surface area contributed by atoms with Crippen LogP contribution in [0.15, 0.2) is 95.5 Å². The molecule has 0 aliphatic heterocycles. The molecule has 4 aromatic rings. The summed E-state index contributed by atoms with van der Waals surface area (Å²) >= 11 is 7.65. The number of hydrogen-bond acceptors (Lipinski definition) is 6. The Morgan fingerprint density at radius 2 is 1.33 bits per heavy atom. The first-order valence-electron chi connectivity index (χ1n) is 11.0. The minimum Gasteiger partial charge on any atom is -0.515 e. The van der Waals surface area contributed by atoms with Gasteiger partial charge in [-0.1, -0.05) is 24.3 Å². The standard InChI is InChI=1S/2C13H13N5S.Co/c14-11-3-1-2-9(6-11)12-4-5-16-7-10(12)8-17-18-13(15)19;14-11-3-1-2-9(6-11)10-4-5-16-12(7-10)8-17-18-13(15)19;/h1-8H,14H2,(H3,15,18,19);1-8H,14H2,(H3,15,16,18,19);. The van der Waals surface area contributed by atoms with Gasteiger partial charge in [-0.25, -0.2) is 0 Å². The second-order valence-corrected chi connectivity index (χ2v) is 8.51. The number of pyridine rings is 2. The maximum absolute atomic E-state index is 5.79. The van der Waals surface area contributed by atoms with Crippen LogP contribution in [0.2, 0.25) is 0 Å². The van der Waals surface area contributed by atoms with Crippen molar-refractivity contribution in [3.63, 3.8) is 0 Å². The number of nitrogen functional groups attached to an aromatic ring is 2. The van der Waals surface area contributed by atoms with Crippen molar-refractivity contribution >= 4 is 58.5 Å². The molecule has 39 heavy (non-hydrogen) atoms. The van der Waals surface area contributed by atoms with Gasteiger partial charge in [0, 0.05) is 64.7 Å². The summed E-state index contributed by atoms with van der Waals surface area (Å²) in [5.74, 6) is 0. The summed E-state index contributed by atoms with van der Waals surface area (Å²) < 4.78 is 0. The molecule has 0 spiro atoms. The number of nitrogens with two attached hydrogens (primary N) is 4. The van der Waals surface area contributed by atoms with Gasteiger partial charge in [0.25, 0.3) is 0 Å². The molecule has 1 radical (unpaired) electrons. The molecule has 2 aromatic carbocycles.